The van der Waals surface area contributed by atoms with Gasteiger partial charge in [-0.3, -0.25) is 4.98 Å². The summed E-state index contributed by atoms with van der Waals surface area (Å²) in [7, 11) is 0. The van der Waals surface area contributed by atoms with Crippen molar-refractivity contribution in [2.75, 3.05) is 0 Å². The lowest BCUT2D eigenvalue weighted by Gasteiger charge is -1.95. The van der Waals surface area contributed by atoms with Crippen molar-refractivity contribution in [2.24, 2.45) is 0 Å². The van der Waals surface area contributed by atoms with Gasteiger partial charge in [-0.1, -0.05) is 0 Å². The van der Waals surface area contributed by atoms with E-state index >= 15 is 0 Å². The van der Waals surface area contributed by atoms with Crippen molar-refractivity contribution in [3.05, 3.63) is 36.9 Å². The van der Waals surface area contributed by atoms with Gasteiger partial charge in [0.15, 0.2) is 0 Å². The molecule has 3 rings (SSSR count). The fourth-order valence-electron chi connectivity index (χ4n) is 1.52. The highest BCUT2D eigenvalue weighted by atomic mass is 14.9. The molecule has 0 saturated heterocycles. The van der Waals surface area contributed by atoms with Crippen LogP contribution in [-0.2, 0) is 0 Å². The van der Waals surface area contributed by atoms with Gasteiger partial charge in [0.1, 0.15) is 0 Å². The van der Waals surface area contributed by atoms with Crippen LogP contribution < -0.4 is 0 Å². The summed E-state index contributed by atoms with van der Waals surface area (Å²) in [5.74, 6) is 0. The third kappa shape index (κ3) is 0.902. The Bertz CT molecular complexity index is 519. The Labute approximate surface area is 74.4 Å². The Kier molecular flexibility index (Phi) is 1.16. The zero-order chi connectivity index (χ0) is 8.67. The summed E-state index contributed by atoms with van der Waals surface area (Å²) in [5, 5.41) is 2.31. The second kappa shape index (κ2) is 2.29. The molecule has 0 aliphatic carbocycles. The van der Waals surface area contributed by atoms with Crippen LogP contribution in [0.25, 0.3) is 21.8 Å². The van der Waals surface area contributed by atoms with Gasteiger partial charge in [-0.15, -0.1) is 0 Å². The summed E-state index contributed by atoms with van der Waals surface area (Å²) in [6.45, 7) is 0. The van der Waals surface area contributed by atoms with Crippen LogP contribution in [0.15, 0.2) is 36.9 Å². The standard InChI is InChI=1S/C10H7N3/c1-2-11-5-8-4-10-9(3-7(1)8)12-6-13-10/h1-6H,(H,12,13). The Hall–Kier alpha value is -1.90. The van der Waals surface area contributed by atoms with Crippen molar-refractivity contribution in [1.82, 2.24) is 15.0 Å². The van der Waals surface area contributed by atoms with Gasteiger partial charge in [-0.2, -0.15) is 0 Å². The Morgan fingerprint density at radius 1 is 1.15 bits per heavy atom. The van der Waals surface area contributed by atoms with E-state index in [1.54, 1.807) is 12.5 Å². The lowest BCUT2D eigenvalue weighted by molar-refractivity contribution is 1.34. The SMILES string of the molecule is c1cc2cc3nc[nH]c3cc2cn1. The third-order valence-electron chi connectivity index (χ3n) is 2.18. The molecule has 62 valence electrons. The first-order valence-corrected chi connectivity index (χ1v) is 4.10. The van der Waals surface area contributed by atoms with Crippen LogP contribution in [0.3, 0.4) is 0 Å². The van der Waals surface area contributed by atoms with Crippen molar-refractivity contribution in [1.29, 1.82) is 0 Å². The van der Waals surface area contributed by atoms with Crippen LogP contribution in [0, 0.1) is 0 Å². The summed E-state index contributed by atoms with van der Waals surface area (Å²) in [4.78, 5) is 11.3. The summed E-state index contributed by atoms with van der Waals surface area (Å²) in [5.41, 5.74) is 2.05. The summed E-state index contributed by atoms with van der Waals surface area (Å²) < 4.78 is 0. The zero-order valence-corrected chi connectivity index (χ0v) is 6.86. The summed E-state index contributed by atoms with van der Waals surface area (Å²) >= 11 is 0. The Morgan fingerprint density at radius 3 is 3.15 bits per heavy atom. The van der Waals surface area contributed by atoms with Gasteiger partial charge >= 0.3 is 0 Å². The zero-order valence-electron chi connectivity index (χ0n) is 6.86. The largest absolute Gasteiger partial charge is 0.345 e. The molecule has 0 saturated carbocycles. The number of aromatic nitrogens is 3. The highest BCUT2D eigenvalue weighted by Gasteiger charge is 1.98. The summed E-state index contributed by atoms with van der Waals surface area (Å²) in [6.07, 6.45) is 5.35. The predicted molar refractivity (Wildman–Crippen MR) is 51.4 cm³/mol. The number of benzene rings is 1. The van der Waals surface area contributed by atoms with Crippen molar-refractivity contribution in [3.8, 4) is 0 Å². The molecule has 0 unspecified atom stereocenters. The van der Waals surface area contributed by atoms with Crippen LogP contribution in [0.5, 0.6) is 0 Å². The molecule has 3 nitrogen and oxygen atoms in total. The average Bonchev–Trinajstić information content (AvgIpc) is 2.61. The van der Waals surface area contributed by atoms with E-state index in [9.17, 15) is 0 Å². The number of fused-ring (bicyclic) bond motifs is 2. The van der Waals surface area contributed by atoms with Crippen molar-refractivity contribution < 1.29 is 0 Å². The molecule has 3 aromatic rings. The predicted octanol–water partition coefficient (Wildman–Crippen LogP) is 2.11. The monoisotopic (exact) mass is 169 g/mol. The molecular weight excluding hydrogens is 162 g/mol. The molecule has 0 aliphatic heterocycles. The number of hydrogen-bond acceptors (Lipinski definition) is 2. The minimum Gasteiger partial charge on any atom is -0.345 e. The van der Waals surface area contributed by atoms with Gasteiger partial charge in [-0.25, -0.2) is 4.98 Å². The number of imidazole rings is 1. The summed E-state index contributed by atoms with van der Waals surface area (Å²) in [6, 6.07) is 6.11. The molecule has 0 bridgehead atoms. The fourth-order valence-corrected chi connectivity index (χ4v) is 1.52. The number of aromatic amines is 1. The van der Waals surface area contributed by atoms with Crippen molar-refractivity contribution in [3.63, 3.8) is 0 Å². The maximum absolute atomic E-state index is 4.19. The molecule has 1 aromatic carbocycles. The Morgan fingerprint density at radius 2 is 2.15 bits per heavy atom. The first kappa shape index (κ1) is 6.60. The molecule has 13 heavy (non-hydrogen) atoms. The molecule has 2 heterocycles. The number of nitrogens with one attached hydrogen (secondary N) is 1. The average molecular weight is 169 g/mol. The van der Waals surface area contributed by atoms with E-state index in [-0.39, 0.29) is 0 Å². The molecule has 2 aromatic heterocycles. The van der Waals surface area contributed by atoms with Gasteiger partial charge in [0.05, 0.1) is 17.4 Å². The number of rotatable bonds is 0. The molecular formula is C10H7N3. The lowest BCUT2D eigenvalue weighted by atomic mass is 10.1. The molecule has 0 atom stereocenters. The fraction of sp³-hybridized carbons (Fsp3) is 0. The second-order valence-corrected chi connectivity index (χ2v) is 2.99. The third-order valence-corrected chi connectivity index (χ3v) is 2.18. The van der Waals surface area contributed by atoms with Crippen LogP contribution in [0.4, 0.5) is 0 Å². The maximum atomic E-state index is 4.19. The quantitative estimate of drug-likeness (QED) is 0.560. The van der Waals surface area contributed by atoms with E-state index in [4.69, 9.17) is 0 Å². The van der Waals surface area contributed by atoms with E-state index < -0.39 is 0 Å². The molecule has 0 radical (unpaired) electrons. The molecule has 0 amide bonds. The number of H-pyrrole nitrogens is 1. The van der Waals surface area contributed by atoms with E-state index in [0.29, 0.717) is 0 Å². The van der Waals surface area contributed by atoms with Crippen molar-refractivity contribution >= 4 is 21.8 Å². The normalized spacial score (nSPS) is 11.1. The van der Waals surface area contributed by atoms with Crippen LogP contribution >= 0.6 is 0 Å². The van der Waals surface area contributed by atoms with Crippen molar-refractivity contribution in [2.45, 2.75) is 0 Å². The van der Waals surface area contributed by atoms with Gasteiger partial charge in [0.2, 0.25) is 0 Å². The molecule has 0 spiro atoms. The van der Waals surface area contributed by atoms with E-state index in [1.165, 1.54) is 5.39 Å². The van der Waals surface area contributed by atoms with Gasteiger partial charge in [0, 0.05) is 17.8 Å². The number of nitrogens with zero attached hydrogens (tertiary/aromatic N) is 2. The highest BCUT2D eigenvalue weighted by Crippen LogP contribution is 2.18. The molecule has 0 fully saturated rings. The minimum absolute atomic E-state index is 0.999. The smallest absolute Gasteiger partial charge is 0.0931 e. The lowest BCUT2D eigenvalue weighted by Crippen LogP contribution is -1.76. The maximum Gasteiger partial charge on any atom is 0.0931 e. The molecule has 0 aliphatic rings. The van der Waals surface area contributed by atoms with E-state index in [0.717, 1.165) is 16.4 Å². The minimum atomic E-state index is 0.999. The van der Waals surface area contributed by atoms with Gasteiger partial charge < -0.3 is 4.98 Å². The second-order valence-electron chi connectivity index (χ2n) is 2.99. The number of hydrogen-bond donors (Lipinski definition) is 1. The molecule has 1 N–H and O–H groups in total. The Balaban J connectivity index is 2.57. The topological polar surface area (TPSA) is 41.6 Å². The first-order valence-electron chi connectivity index (χ1n) is 4.10. The van der Waals surface area contributed by atoms with Crippen LogP contribution in [0.2, 0.25) is 0 Å². The van der Waals surface area contributed by atoms with E-state index in [1.807, 2.05) is 12.3 Å². The van der Waals surface area contributed by atoms with E-state index in [2.05, 4.69) is 27.1 Å². The van der Waals surface area contributed by atoms with Gasteiger partial charge in [0.25, 0.3) is 0 Å². The van der Waals surface area contributed by atoms with Crippen LogP contribution in [-0.4, -0.2) is 15.0 Å². The number of pyridine rings is 1. The highest BCUT2D eigenvalue weighted by molar-refractivity contribution is 5.94. The van der Waals surface area contributed by atoms with Crippen LogP contribution in [0.1, 0.15) is 0 Å². The first-order chi connectivity index (χ1) is 6.43. The van der Waals surface area contributed by atoms with Gasteiger partial charge in [-0.05, 0) is 23.6 Å². The molecule has 3 heteroatoms.